The van der Waals surface area contributed by atoms with Gasteiger partial charge in [0.25, 0.3) is 0 Å². The van der Waals surface area contributed by atoms with Crippen LogP contribution in [0.3, 0.4) is 0 Å². The first-order chi connectivity index (χ1) is 11.2. The van der Waals surface area contributed by atoms with Gasteiger partial charge in [-0.2, -0.15) is 0 Å². The molecule has 130 valence electrons. The molecule has 3 rings (SSSR count). The van der Waals surface area contributed by atoms with E-state index in [1.54, 1.807) is 4.90 Å². The molecule has 24 heavy (non-hydrogen) atoms. The molecule has 0 spiro atoms. The topological polar surface area (TPSA) is 49.9 Å². The second kappa shape index (κ2) is 5.76. The van der Waals surface area contributed by atoms with Gasteiger partial charge < -0.3 is 14.5 Å². The predicted molar refractivity (Wildman–Crippen MR) is 88.9 cm³/mol. The molecule has 1 aromatic rings. The summed E-state index contributed by atoms with van der Waals surface area (Å²) in [6, 6.07) is 4.37. The molecule has 0 unspecified atom stereocenters. The van der Waals surface area contributed by atoms with Crippen molar-refractivity contribution >= 4 is 17.6 Å². The fourth-order valence-corrected chi connectivity index (χ4v) is 3.55. The Morgan fingerprint density at radius 1 is 1.21 bits per heavy atom. The van der Waals surface area contributed by atoms with Crippen LogP contribution >= 0.6 is 0 Å². The quantitative estimate of drug-likeness (QED) is 0.779. The molecule has 1 amide bonds. The van der Waals surface area contributed by atoms with Gasteiger partial charge in [0, 0.05) is 24.7 Å². The molecule has 2 heterocycles. The molecule has 2 atom stereocenters. The Morgan fingerprint density at radius 2 is 1.92 bits per heavy atom. The first-order valence-corrected chi connectivity index (χ1v) is 8.22. The number of halogens is 1. The van der Waals surface area contributed by atoms with E-state index >= 15 is 0 Å². The number of nitrogens with zero attached hydrogens (tertiary/aromatic N) is 2. The molecule has 0 radical (unpaired) electrons. The van der Waals surface area contributed by atoms with Crippen LogP contribution in [0.15, 0.2) is 18.2 Å². The molecule has 2 fully saturated rings. The minimum Gasteiger partial charge on any atom is -0.444 e. The zero-order valence-corrected chi connectivity index (χ0v) is 14.5. The number of carbonyl (C=O) groups excluding carboxylic acids is 2. The second-order valence-corrected chi connectivity index (χ2v) is 7.55. The van der Waals surface area contributed by atoms with Gasteiger partial charge in [-0.15, -0.1) is 0 Å². The highest BCUT2D eigenvalue weighted by Crippen LogP contribution is 2.37. The lowest BCUT2D eigenvalue weighted by Crippen LogP contribution is -2.50. The number of fused-ring (bicyclic) bond motifs is 2. The molecule has 2 aliphatic heterocycles. The van der Waals surface area contributed by atoms with E-state index in [1.165, 1.54) is 25.1 Å². The molecule has 0 aliphatic carbocycles. The van der Waals surface area contributed by atoms with Crippen LogP contribution in [0.1, 0.15) is 44.5 Å². The standard InChI is InChI=1S/C18H23FN2O3/c1-11(22)15-6-5-12(19)7-16(15)20-9-14-8-13(20)10-21(14)17(23)24-18(2,3)4/h5-7,13-14H,8-10H2,1-4H3/t13-,14-/m0/s1. The van der Waals surface area contributed by atoms with Gasteiger partial charge in [0.05, 0.1) is 11.7 Å². The highest BCUT2D eigenvalue weighted by Gasteiger charge is 2.47. The number of amides is 1. The summed E-state index contributed by atoms with van der Waals surface area (Å²) >= 11 is 0. The highest BCUT2D eigenvalue weighted by molar-refractivity contribution is 6.00. The van der Waals surface area contributed by atoms with E-state index < -0.39 is 5.60 Å². The third-order valence-corrected chi connectivity index (χ3v) is 4.52. The maximum atomic E-state index is 13.7. The molecule has 0 saturated carbocycles. The van der Waals surface area contributed by atoms with E-state index in [-0.39, 0.29) is 29.8 Å². The minimum absolute atomic E-state index is 0.0351. The smallest absolute Gasteiger partial charge is 0.410 e. The van der Waals surface area contributed by atoms with Crippen LogP contribution in [0.2, 0.25) is 0 Å². The summed E-state index contributed by atoms with van der Waals surface area (Å²) in [6.07, 6.45) is 0.508. The van der Waals surface area contributed by atoms with Crippen LogP contribution in [-0.4, -0.2) is 47.6 Å². The van der Waals surface area contributed by atoms with E-state index in [4.69, 9.17) is 4.74 Å². The zero-order chi connectivity index (χ0) is 17.6. The molecule has 0 N–H and O–H groups in total. The van der Waals surface area contributed by atoms with Crippen LogP contribution in [0.5, 0.6) is 0 Å². The summed E-state index contributed by atoms with van der Waals surface area (Å²) in [5, 5.41) is 0. The number of ether oxygens (including phenoxy) is 1. The van der Waals surface area contributed by atoms with Crippen molar-refractivity contribution < 1.29 is 18.7 Å². The second-order valence-electron chi connectivity index (χ2n) is 7.55. The summed E-state index contributed by atoms with van der Waals surface area (Å²) in [6.45, 7) is 8.14. The lowest BCUT2D eigenvalue weighted by Gasteiger charge is -2.37. The van der Waals surface area contributed by atoms with Gasteiger partial charge in [-0.25, -0.2) is 9.18 Å². The lowest BCUT2D eigenvalue weighted by molar-refractivity contribution is 0.0214. The number of hydrogen-bond acceptors (Lipinski definition) is 4. The Morgan fingerprint density at radius 3 is 2.46 bits per heavy atom. The van der Waals surface area contributed by atoms with Crippen molar-refractivity contribution in [3.05, 3.63) is 29.6 Å². The Hall–Kier alpha value is -2.11. The Labute approximate surface area is 141 Å². The van der Waals surface area contributed by atoms with Crippen molar-refractivity contribution in [1.82, 2.24) is 4.90 Å². The van der Waals surface area contributed by atoms with Crippen molar-refractivity contribution in [2.24, 2.45) is 0 Å². The van der Waals surface area contributed by atoms with Crippen LogP contribution in [0.4, 0.5) is 14.9 Å². The molecule has 6 heteroatoms. The molecule has 2 aliphatic rings. The van der Waals surface area contributed by atoms with Crippen molar-refractivity contribution in [2.75, 3.05) is 18.0 Å². The largest absolute Gasteiger partial charge is 0.444 e. The molecule has 5 nitrogen and oxygen atoms in total. The molecule has 1 aromatic carbocycles. The number of hydrogen-bond donors (Lipinski definition) is 0. The average Bonchev–Trinajstić information content (AvgIpc) is 3.04. The van der Waals surface area contributed by atoms with Gasteiger partial charge in [-0.1, -0.05) is 0 Å². The maximum absolute atomic E-state index is 13.7. The Balaban J connectivity index is 1.78. The van der Waals surface area contributed by atoms with Gasteiger partial charge in [0.15, 0.2) is 5.78 Å². The summed E-state index contributed by atoms with van der Waals surface area (Å²) in [7, 11) is 0. The number of Topliss-reactive ketones (excluding diaryl/α,β-unsaturated/α-hetero) is 1. The van der Waals surface area contributed by atoms with Gasteiger partial charge >= 0.3 is 6.09 Å². The van der Waals surface area contributed by atoms with Crippen molar-refractivity contribution in [3.8, 4) is 0 Å². The zero-order valence-electron chi connectivity index (χ0n) is 14.5. The van der Waals surface area contributed by atoms with Gasteiger partial charge in [-0.3, -0.25) is 4.79 Å². The highest BCUT2D eigenvalue weighted by atomic mass is 19.1. The first-order valence-electron chi connectivity index (χ1n) is 8.22. The number of rotatable bonds is 2. The fourth-order valence-electron chi connectivity index (χ4n) is 3.55. The Kier molecular flexibility index (Phi) is 4.01. The van der Waals surface area contributed by atoms with Gasteiger partial charge in [-0.05, 0) is 52.3 Å². The molecule has 0 aromatic heterocycles. The number of carbonyl (C=O) groups is 2. The summed E-state index contributed by atoms with van der Waals surface area (Å²) < 4.78 is 19.1. The number of benzene rings is 1. The number of anilines is 1. The Bertz CT molecular complexity index is 683. The minimum atomic E-state index is -0.525. The van der Waals surface area contributed by atoms with Crippen LogP contribution in [0.25, 0.3) is 0 Å². The van der Waals surface area contributed by atoms with Crippen molar-refractivity contribution in [2.45, 2.75) is 51.8 Å². The number of likely N-dealkylation sites (tertiary alicyclic amines) is 1. The monoisotopic (exact) mass is 334 g/mol. The van der Waals surface area contributed by atoms with E-state index in [0.29, 0.717) is 24.3 Å². The molecular weight excluding hydrogens is 311 g/mol. The summed E-state index contributed by atoms with van der Waals surface area (Å²) in [5.74, 6) is -0.446. The van der Waals surface area contributed by atoms with E-state index in [9.17, 15) is 14.0 Å². The van der Waals surface area contributed by atoms with Gasteiger partial charge in [0.1, 0.15) is 11.4 Å². The van der Waals surface area contributed by atoms with E-state index in [1.807, 2.05) is 25.7 Å². The van der Waals surface area contributed by atoms with Crippen LogP contribution in [-0.2, 0) is 4.74 Å². The molecule has 2 bridgehead atoms. The third-order valence-electron chi connectivity index (χ3n) is 4.52. The SMILES string of the molecule is CC(=O)c1ccc(F)cc1N1C[C@@H]2C[C@H]1CN2C(=O)OC(C)(C)C. The van der Waals surface area contributed by atoms with E-state index in [2.05, 4.69) is 0 Å². The number of piperazine rings is 1. The summed E-state index contributed by atoms with van der Waals surface area (Å²) in [5.41, 5.74) is 0.620. The fraction of sp³-hybridized carbons (Fsp3) is 0.556. The third kappa shape index (κ3) is 3.09. The van der Waals surface area contributed by atoms with Gasteiger partial charge in [0.2, 0.25) is 0 Å². The molecule has 2 saturated heterocycles. The average molecular weight is 334 g/mol. The normalized spacial score (nSPS) is 22.9. The van der Waals surface area contributed by atoms with E-state index in [0.717, 1.165) is 6.42 Å². The van der Waals surface area contributed by atoms with Crippen LogP contribution < -0.4 is 4.90 Å². The summed E-state index contributed by atoms with van der Waals surface area (Å²) in [4.78, 5) is 27.9. The molecular formula is C18H23FN2O3. The van der Waals surface area contributed by atoms with Crippen LogP contribution in [0, 0.1) is 5.82 Å². The first kappa shape index (κ1) is 16.7. The number of ketones is 1. The van der Waals surface area contributed by atoms with Crippen molar-refractivity contribution in [1.29, 1.82) is 0 Å². The van der Waals surface area contributed by atoms with Crippen molar-refractivity contribution in [3.63, 3.8) is 0 Å². The predicted octanol–water partition coefficient (Wildman–Crippen LogP) is 3.23. The lowest BCUT2D eigenvalue weighted by atomic mass is 10.1. The maximum Gasteiger partial charge on any atom is 0.410 e.